The van der Waals surface area contributed by atoms with Gasteiger partial charge < -0.3 is 19.5 Å². The molecule has 4 aromatic carbocycles. The number of amides is 1. The summed E-state index contributed by atoms with van der Waals surface area (Å²) in [5.74, 6) is 1.50. The zero-order valence-corrected chi connectivity index (χ0v) is 29.5. The number of hydrogen-bond donors (Lipinski definition) is 1. The average molecular weight is 674 g/mol. The van der Waals surface area contributed by atoms with Crippen molar-refractivity contribution in [3.63, 3.8) is 0 Å². The molecule has 1 aliphatic heterocycles. The van der Waals surface area contributed by atoms with Gasteiger partial charge in [0, 0.05) is 5.69 Å². The second kappa shape index (κ2) is 14.0. The molecule has 1 aromatic heterocycles. The maximum Gasteiger partial charge on any atom is 0.271 e. The number of methoxy groups -OCH3 is 2. The van der Waals surface area contributed by atoms with Gasteiger partial charge in [-0.2, -0.15) is 0 Å². The largest absolute Gasteiger partial charge is 0.496 e. The number of nitrogens with one attached hydrogen (secondary N) is 1. The number of ether oxygens (including phenoxy) is 3. The monoisotopic (exact) mass is 673 g/mol. The predicted molar refractivity (Wildman–Crippen MR) is 195 cm³/mol. The van der Waals surface area contributed by atoms with E-state index >= 15 is 0 Å². The van der Waals surface area contributed by atoms with E-state index in [9.17, 15) is 9.59 Å². The van der Waals surface area contributed by atoms with Crippen LogP contribution in [0.4, 0.5) is 5.69 Å². The highest BCUT2D eigenvalue weighted by atomic mass is 32.1. The number of thiazole rings is 1. The SMILES string of the molecule is COc1cc([C@H]2C(C(=O)Nc3ccccc3)=C(C)N=c3s/c(=C\c4ccc(OCc5c(C)cc(C)cc5C)c(OC)c4)c(=O)n32)ccc1C. The fourth-order valence-electron chi connectivity index (χ4n) is 6.29. The lowest BCUT2D eigenvalue weighted by Gasteiger charge is -2.26. The summed E-state index contributed by atoms with van der Waals surface area (Å²) < 4.78 is 19.6. The highest BCUT2D eigenvalue weighted by molar-refractivity contribution is 7.07. The van der Waals surface area contributed by atoms with E-state index in [1.54, 1.807) is 25.7 Å². The smallest absolute Gasteiger partial charge is 0.271 e. The van der Waals surface area contributed by atoms with Gasteiger partial charge in [-0.05, 0) is 104 Å². The fraction of sp³-hybridized carbons (Fsp3) is 0.225. The Kier molecular flexibility index (Phi) is 9.56. The van der Waals surface area contributed by atoms with Crippen LogP contribution in [0.5, 0.6) is 17.2 Å². The van der Waals surface area contributed by atoms with Gasteiger partial charge in [0.05, 0.1) is 36.1 Å². The summed E-state index contributed by atoms with van der Waals surface area (Å²) in [5.41, 5.74) is 8.50. The number of rotatable bonds is 9. The zero-order valence-electron chi connectivity index (χ0n) is 28.7. The summed E-state index contributed by atoms with van der Waals surface area (Å²) in [6, 6.07) is 24.2. The molecule has 5 aromatic rings. The number of nitrogens with zero attached hydrogens (tertiary/aromatic N) is 2. The number of anilines is 1. The van der Waals surface area contributed by atoms with Crippen LogP contribution in [0.3, 0.4) is 0 Å². The van der Waals surface area contributed by atoms with Crippen LogP contribution in [0, 0.1) is 27.7 Å². The first-order chi connectivity index (χ1) is 23.6. The maximum absolute atomic E-state index is 14.3. The minimum atomic E-state index is -0.726. The number of aryl methyl sites for hydroxylation is 4. The fourth-order valence-corrected chi connectivity index (χ4v) is 7.33. The first kappa shape index (κ1) is 33.5. The Bertz CT molecular complexity index is 2260. The van der Waals surface area contributed by atoms with E-state index in [2.05, 4.69) is 38.2 Å². The second-order valence-electron chi connectivity index (χ2n) is 12.2. The normalized spacial score (nSPS) is 14.3. The number of allylic oxidation sites excluding steroid dienone is 1. The van der Waals surface area contributed by atoms with Crippen LogP contribution < -0.4 is 34.4 Å². The molecule has 6 rings (SSSR count). The van der Waals surface area contributed by atoms with Gasteiger partial charge in [0.15, 0.2) is 16.3 Å². The van der Waals surface area contributed by atoms with Gasteiger partial charge in [-0.15, -0.1) is 0 Å². The Morgan fingerprint density at radius 2 is 1.57 bits per heavy atom. The molecule has 9 heteroatoms. The predicted octanol–water partition coefficient (Wildman–Crippen LogP) is 6.70. The van der Waals surface area contributed by atoms with Crippen LogP contribution in [-0.4, -0.2) is 24.7 Å². The molecule has 49 heavy (non-hydrogen) atoms. The molecule has 0 spiro atoms. The van der Waals surface area contributed by atoms with Crippen LogP contribution in [-0.2, 0) is 11.4 Å². The van der Waals surface area contributed by atoms with Gasteiger partial charge in [-0.1, -0.05) is 65.4 Å². The minimum Gasteiger partial charge on any atom is -0.496 e. The highest BCUT2D eigenvalue weighted by Gasteiger charge is 2.33. The minimum absolute atomic E-state index is 0.254. The lowest BCUT2D eigenvalue weighted by atomic mass is 9.94. The first-order valence-corrected chi connectivity index (χ1v) is 16.8. The molecule has 8 nitrogen and oxygen atoms in total. The second-order valence-corrected chi connectivity index (χ2v) is 13.2. The summed E-state index contributed by atoms with van der Waals surface area (Å²) in [6.07, 6.45) is 1.82. The quantitative estimate of drug-likeness (QED) is 0.188. The van der Waals surface area contributed by atoms with Gasteiger partial charge in [-0.3, -0.25) is 14.2 Å². The number of carbonyl (C=O) groups is 1. The van der Waals surface area contributed by atoms with Crippen molar-refractivity contribution in [2.45, 2.75) is 47.3 Å². The van der Waals surface area contributed by atoms with E-state index in [0.29, 0.717) is 50.1 Å². The summed E-state index contributed by atoms with van der Waals surface area (Å²) >= 11 is 1.28. The van der Waals surface area contributed by atoms with Crippen molar-refractivity contribution in [1.29, 1.82) is 0 Å². The molecule has 2 heterocycles. The summed E-state index contributed by atoms with van der Waals surface area (Å²) in [5, 5.41) is 2.99. The number of carbonyl (C=O) groups excluding carboxylic acids is 1. The molecule has 0 fully saturated rings. The summed E-state index contributed by atoms with van der Waals surface area (Å²) in [4.78, 5) is 33.4. The lowest BCUT2D eigenvalue weighted by molar-refractivity contribution is -0.113. The van der Waals surface area contributed by atoms with Crippen molar-refractivity contribution in [3.05, 3.63) is 149 Å². The van der Waals surface area contributed by atoms with Crippen molar-refractivity contribution >= 4 is 29.0 Å². The number of para-hydroxylation sites is 1. The van der Waals surface area contributed by atoms with Crippen LogP contribution >= 0.6 is 11.3 Å². The van der Waals surface area contributed by atoms with Crippen LogP contribution in [0.15, 0.2) is 99.9 Å². The third kappa shape index (κ3) is 6.80. The molecule has 0 aliphatic carbocycles. The Morgan fingerprint density at radius 3 is 2.27 bits per heavy atom. The van der Waals surface area contributed by atoms with E-state index < -0.39 is 6.04 Å². The van der Waals surface area contributed by atoms with Gasteiger partial charge in [0.1, 0.15) is 12.4 Å². The number of hydrogen-bond acceptors (Lipinski definition) is 7. The van der Waals surface area contributed by atoms with Crippen LogP contribution in [0.1, 0.15) is 51.9 Å². The molecular formula is C40H39N3O5S. The van der Waals surface area contributed by atoms with Crippen molar-refractivity contribution in [1.82, 2.24) is 4.57 Å². The lowest BCUT2D eigenvalue weighted by Crippen LogP contribution is -2.40. The maximum atomic E-state index is 14.3. The van der Waals surface area contributed by atoms with Gasteiger partial charge >= 0.3 is 0 Å². The molecule has 0 saturated carbocycles. The van der Waals surface area contributed by atoms with Crippen molar-refractivity contribution < 1.29 is 19.0 Å². The molecule has 1 amide bonds. The van der Waals surface area contributed by atoms with Crippen LogP contribution in [0.2, 0.25) is 0 Å². The van der Waals surface area contributed by atoms with Crippen molar-refractivity contribution in [2.75, 3.05) is 19.5 Å². The molecular weight excluding hydrogens is 635 g/mol. The zero-order chi connectivity index (χ0) is 34.8. The third-order valence-corrected chi connectivity index (χ3v) is 9.73. The molecule has 0 radical (unpaired) electrons. The molecule has 1 aliphatic rings. The summed E-state index contributed by atoms with van der Waals surface area (Å²) in [7, 11) is 3.21. The molecule has 0 saturated heterocycles. The molecule has 0 unspecified atom stereocenters. The first-order valence-electron chi connectivity index (χ1n) is 16.0. The Morgan fingerprint density at radius 1 is 0.857 bits per heavy atom. The molecule has 250 valence electrons. The van der Waals surface area contributed by atoms with Gasteiger partial charge in [0.25, 0.3) is 11.5 Å². The average Bonchev–Trinajstić information content (AvgIpc) is 3.38. The number of aromatic nitrogens is 1. The van der Waals surface area contributed by atoms with E-state index in [1.807, 2.05) is 79.7 Å². The third-order valence-electron chi connectivity index (χ3n) is 8.74. The highest BCUT2D eigenvalue weighted by Crippen LogP contribution is 2.34. The topological polar surface area (TPSA) is 91.2 Å². The van der Waals surface area contributed by atoms with Crippen molar-refractivity contribution in [2.24, 2.45) is 4.99 Å². The van der Waals surface area contributed by atoms with E-state index in [1.165, 1.54) is 28.0 Å². The van der Waals surface area contributed by atoms with Crippen LogP contribution in [0.25, 0.3) is 6.08 Å². The van der Waals surface area contributed by atoms with E-state index in [0.717, 1.165) is 22.3 Å². The summed E-state index contributed by atoms with van der Waals surface area (Å²) in [6.45, 7) is 10.4. The molecule has 0 bridgehead atoms. The molecule has 1 atom stereocenters. The van der Waals surface area contributed by atoms with E-state index in [-0.39, 0.29) is 11.5 Å². The Balaban J connectivity index is 1.39. The van der Waals surface area contributed by atoms with E-state index in [4.69, 9.17) is 19.2 Å². The van der Waals surface area contributed by atoms with Gasteiger partial charge in [-0.25, -0.2) is 4.99 Å². The molecule has 1 N–H and O–H groups in total. The Labute approximate surface area is 289 Å². The number of fused-ring (bicyclic) bond motifs is 1. The Hall–Kier alpha value is -5.41. The van der Waals surface area contributed by atoms with Gasteiger partial charge in [0.2, 0.25) is 0 Å². The standard InChI is InChI=1S/C40H39N3O5S/c1-23-17-25(3)31(26(4)18-23)22-48-32-16-14-28(19-34(32)47-7)20-35-39(45)43-37(29-15-13-24(2)33(21-29)46-6)36(27(5)41-40(43)49-35)38(44)42-30-11-9-8-10-12-30/h8-21,37H,22H2,1-7H3,(H,42,44)/b35-20-/t37-/m0/s1. The van der Waals surface area contributed by atoms with Crippen molar-refractivity contribution in [3.8, 4) is 17.2 Å². The number of benzene rings is 4.